The number of hydrogen-bond donors (Lipinski definition) is 0. The van der Waals surface area contributed by atoms with Gasteiger partial charge in [-0.05, 0) is 24.3 Å². The molecule has 1 saturated heterocycles. The van der Waals surface area contributed by atoms with Crippen LogP contribution in [0.5, 0.6) is 0 Å². The Balaban J connectivity index is 2.01. The summed E-state index contributed by atoms with van der Waals surface area (Å²) in [5.41, 5.74) is -0.393. The van der Waals surface area contributed by atoms with E-state index < -0.39 is 29.4 Å². The van der Waals surface area contributed by atoms with E-state index in [0.717, 1.165) is 9.47 Å². The zero-order valence-corrected chi connectivity index (χ0v) is 12.8. The fourth-order valence-electron chi connectivity index (χ4n) is 2.70. The van der Waals surface area contributed by atoms with Crippen molar-refractivity contribution in [1.29, 1.82) is 0 Å². The lowest BCUT2D eigenvalue weighted by atomic mass is 10.2. The quantitative estimate of drug-likeness (QED) is 0.624. The number of benzene rings is 1. The molecule has 7 heteroatoms. The molecule has 122 valence electrons. The third-order valence-electron chi connectivity index (χ3n) is 3.85. The zero-order valence-electron chi connectivity index (χ0n) is 12.8. The number of pyridine rings is 1. The van der Waals surface area contributed by atoms with Crippen LogP contribution in [0.1, 0.15) is 22.8 Å². The van der Waals surface area contributed by atoms with Crippen LogP contribution in [-0.2, 0) is 14.3 Å². The molecular weight excluding hydrogens is 312 g/mol. The molecule has 0 radical (unpaired) electrons. The maximum Gasteiger partial charge on any atom is 0.343 e. The van der Waals surface area contributed by atoms with Gasteiger partial charge in [-0.2, -0.15) is 0 Å². The molecule has 1 aromatic carbocycles. The lowest BCUT2D eigenvalue weighted by molar-refractivity contribution is -0.122. The Labute approximate surface area is 137 Å². The van der Waals surface area contributed by atoms with Crippen molar-refractivity contribution < 1.29 is 19.1 Å². The molecular formula is C17H14N2O5. The molecule has 0 bridgehead atoms. The van der Waals surface area contributed by atoms with Crippen molar-refractivity contribution in [2.24, 2.45) is 0 Å². The summed E-state index contributed by atoms with van der Waals surface area (Å²) in [6.07, 6.45) is 1.25. The van der Waals surface area contributed by atoms with Gasteiger partial charge in [-0.15, -0.1) is 0 Å². The van der Waals surface area contributed by atoms with Crippen LogP contribution in [0.15, 0.2) is 53.5 Å². The number of carbonyl (C=O) groups excluding carboxylic acids is 3. The smallest absolute Gasteiger partial charge is 0.343 e. The number of esters is 1. The number of nitrogens with zero attached hydrogens (tertiary/aromatic N) is 2. The van der Waals surface area contributed by atoms with E-state index in [9.17, 15) is 19.2 Å². The molecule has 1 aliphatic rings. The summed E-state index contributed by atoms with van der Waals surface area (Å²) in [6.45, 7) is 0. The first-order valence-corrected chi connectivity index (χ1v) is 7.26. The molecule has 2 aromatic rings. The molecule has 2 amide bonds. The average Bonchev–Trinajstić information content (AvgIpc) is 2.89. The Hall–Kier alpha value is -3.22. The molecule has 3 rings (SSSR count). The number of aromatic nitrogens is 1. The minimum atomic E-state index is -0.977. The number of methoxy groups -OCH3 is 1. The largest absolute Gasteiger partial charge is 0.465 e. The number of anilines is 1. The Morgan fingerprint density at radius 3 is 2.46 bits per heavy atom. The number of rotatable bonds is 3. The van der Waals surface area contributed by atoms with Crippen LogP contribution in [-0.4, -0.2) is 29.5 Å². The van der Waals surface area contributed by atoms with E-state index in [1.165, 1.54) is 25.4 Å². The third-order valence-corrected chi connectivity index (χ3v) is 3.85. The van der Waals surface area contributed by atoms with Crippen LogP contribution in [0.2, 0.25) is 0 Å². The highest BCUT2D eigenvalue weighted by Gasteiger charge is 2.41. The molecule has 2 heterocycles. The van der Waals surface area contributed by atoms with Crippen LogP contribution in [0.25, 0.3) is 0 Å². The Morgan fingerprint density at radius 1 is 1.08 bits per heavy atom. The molecule has 0 saturated carbocycles. The molecule has 1 atom stereocenters. The second-order valence-electron chi connectivity index (χ2n) is 5.25. The van der Waals surface area contributed by atoms with E-state index in [4.69, 9.17) is 0 Å². The predicted octanol–water partition coefficient (Wildman–Crippen LogP) is 1.14. The van der Waals surface area contributed by atoms with Gasteiger partial charge in [0.05, 0.1) is 19.2 Å². The van der Waals surface area contributed by atoms with Crippen LogP contribution in [0.3, 0.4) is 0 Å². The lowest BCUT2D eigenvalue weighted by Crippen LogP contribution is -2.35. The fourth-order valence-corrected chi connectivity index (χ4v) is 2.70. The third kappa shape index (κ3) is 2.50. The Morgan fingerprint density at radius 2 is 1.79 bits per heavy atom. The maximum absolute atomic E-state index is 12.6. The van der Waals surface area contributed by atoms with E-state index in [1.54, 1.807) is 30.3 Å². The highest BCUT2D eigenvalue weighted by molar-refractivity contribution is 6.21. The van der Waals surface area contributed by atoms with Gasteiger partial charge < -0.3 is 9.30 Å². The van der Waals surface area contributed by atoms with Crippen molar-refractivity contribution in [2.75, 3.05) is 12.0 Å². The highest BCUT2D eigenvalue weighted by atomic mass is 16.5. The Bertz CT molecular complexity index is 872. The molecule has 1 aromatic heterocycles. The molecule has 7 nitrogen and oxygen atoms in total. The number of carbonyl (C=O) groups is 3. The van der Waals surface area contributed by atoms with Gasteiger partial charge in [-0.1, -0.05) is 18.2 Å². The highest BCUT2D eigenvalue weighted by Crippen LogP contribution is 2.28. The normalized spacial score (nSPS) is 17.2. The van der Waals surface area contributed by atoms with Crippen molar-refractivity contribution in [1.82, 2.24) is 4.57 Å². The van der Waals surface area contributed by atoms with Crippen LogP contribution in [0.4, 0.5) is 5.69 Å². The summed E-state index contributed by atoms with van der Waals surface area (Å²) in [5, 5.41) is 0. The Kier molecular flexibility index (Phi) is 3.99. The fraction of sp³-hybridized carbons (Fsp3) is 0.176. The maximum atomic E-state index is 12.6. The van der Waals surface area contributed by atoms with Gasteiger partial charge in [0, 0.05) is 6.20 Å². The molecule has 0 aliphatic carbocycles. The van der Waals surface area contributed by atoms with Crippen LogP contribution < -0.4 is 10.5 Å². The monoisotopic (exact) mass is 326 g/mol. The van der Waals surface area contributed by atoms with Crippen molar-refractivity contribution >= 4 is 23.5 Å². The topological polar surface area (TPSA) is 85.7 Å². The first-order chi connectivity index (χ1) is 11.5. The van der Waals surface area contributed by atoms with Crippen LogP contribution in [0, 0.1) is 0 Å². The van der Waals surface area contributed by atoms with Crippen molar-refractivity contribution in [3.05, 3.63) is 64.6 Å². The molecule has 0 spiro atoms. The summed E-state index contributed by atoms with van der Waals surface area (Å²) in [7, 11) is 1.17. The number of amides is 2. The second-order valence-corrected chi connectivity index (χ2v) is 5.25. The number of para-hydroxylation sites is 1. The van der Waals surface area contributed by atoms with Gasteiger partial charge in [0.25, 0.3) is 11.5 Å². The lowest BCUT2D eigenvalue weighted by Gasteiger charge is -2.16. The van der Waals surface area contributed by atoms with Crippen molar-refractivity contribution in [3.8, 4) is 0 Å². The van der Waals surface area contributed by atoms with E-state index >= 15 is 0 Å². The van der Waals surface area contributed by atoms with Crippen molar-refractivity contribution in [3.63, 3.8) is 0 Å². The van der Waals surface area contributed by atoms with Crippen molar-refractivity contribution in [2.45, 2.75) is 12.5 Å². The van der Waals surface area contributed by atoms with Gasteiger partial charge in [-0.25, -0.2) is 9.69 Å². The van der Waals surface area contributed by atoms with Gasteiger partial charge in [-0.3, -0.25) is 14.4 Å². The molecule has 24 heavy (non-hydrogen) atoms. The summed E-state index contributed by atoms with van der Waals surface area (Å²) < 4.78 is 5.67. The average molecular weight is 326 g/mol. The van der Waals surface area contributed by atoms with E-state index in [0.29, 0.717) is 5.69 Å². The van der Waals surface area contributed by atoms with Gasteiger partial charge in [0.2, 0.25) is 5.91 Å². The summed E-state index contributed by atoms with van der Waals surface area (Å²) in [4.78, 5) is 50.0. The molecule has 1 unspecified atom stereocenters. The first-order valence-electron chi connectivity index (χ1n) is 7.26. The van der Waals surface area contributed by atoms with E-state index in [-0.39, 0.29) is 12.0 Å². The first kappa shape index (κ1) is 15.7. The molecule has 0 N–H and O–H groups in total. The zero-order chi connectivity index (χ0) is 17.3. The minimum absolute atomic E-state index is 0.141. The molecule has 1 aliphatic heterocycles. The second kappa shape index (κ2) is 6.11. The van der Waals surface area contributed by atoms with E-state index in [2.05, 4.69) is 4.74 Å². The number of hydrogen-bond acceptors (Lipinski definition) is 5. The SMILES string of the molecule is COC(=O)c1cccn(C2CC(=O)N(c3ccccc3)C2=O)c1=O. The van der Waals surface area contributed by atoms with Gasteiger partial charge in [0.1, 0.15) is 11.6 Å². The van der Waals surface area contributed by atoms with Gasteiger partial charge >= 0.3 is 5.97 Å². The van der Waals surface area contributed by atoms with E-state index in [1.807, 2.05) is 0 Å². The van der Waals surface area contributed by atoms with Gasteiger partial charge in [0.15, 0.2) is 0 Å². The van der Waals surface area contributed by atoms with Crippen LogP contribution >= 0.6 is 0 Å². The summed E-state index contributed by atoms with van der Waals surface area (Å²) in [5.74, 6) is -1.69. The number of imide groups is 1. The molecule has 1 fully saturated rings. The summed E-state index contributed by atoms with van der Waals surface area (Å²) in [6, 6.07) is 10.3. The minimum Gasteiger partial charge on any atom is -0.465 e. The standard InChI is InChI=1S/C17H14N2O5/c1-24-17(23)12-8-5-9-18(15(12)21)13-10-14(20)19(16(13)22)11-6-3-2-4-7-11/h2-9,13H,10H2,1H3. The number of ether oxygens (including phenoxy) is 1. The summed E-state index contributed by atoms with van der Waals surface area (Å²) >= 11 is 0. The predicted molar refractivity (Wildman–Crippen MR) is 84.6 cm³/mol.